The SMILES string of the molecule is CCC(=O)c1cn(CC(=O)N2CCC(OCc3cc(C(F)(F)F)cc(C(F)(F)F)c3)C(c3ccccc3)C2)cn1. The predicted octanol–water partition coefficient (Wildman–Crippen LogP) is 6.11. The Labute approximate surface area is 226 Å². The number of amides is 1. The number of carbonyl (C=O) groups excluding carboxylic acids is 2. The lowest BCUT2D eigenvalue weighted by molar-refractivity contribution is -0.143. The van der Waals surface area contributed by atoms with Crippen molar-refractivity contribution in [3.8, 4) is 0 Å². The molecule has 1 amide bonds. The van der Waals surface area contributed by atoms with Crippen LogP contribution >= 0.6 is 0 Å². The molecule has 1 fully saturated rings. The van der Waals surface area contributed by atoms with Crippen LogP contribution in [0.15, 0.2) is 61.1 Å². The van der Waals surface area contributed by atoms with Crippen molar-refractivity contribution in [2.45, 2.75) is 57.3 Å². The molecule has 4 rings (SSSR count). The largest absolute Gasteiger partial charge is 0.416 e. The van der Waals surface area contributed by atoms with Gasteiger partial charge in [0.05, 0.1) is 30.2 Å². The van der Waals surface area contributed by atoms with E-state index in [9.17, 15) is 35.9 Å². The van der Waals surface area contributed by atoms with Crippen molar-refractivity contribution in [1.29, 1.82) is 0 Å². The first-order chi connectivity index (χ1) is 18.8. The normalized spacial score (nSPS) is 18.1. The fourth-order valence-corrected chi connectivity index (χ4v) is 4.71. The molecule has 1 aliphatic heterocycles. The molecule has 1 aromatic heterocycles. The van der Waals surface area contributed by atoms with Crippen molar-refractivity contribution < 1.29 is 40.7 Å². The highest BCUT2D eigenvalue weighted by Crippen LogP contribution is 2.37. The zero-order valence-corrected chi connectivity index (χ0v) is 21.5. The van der Waals surface area contributed by atoms with Gasteiger partial charge in [-0.3, -0.25) is 9.59 Å². The second-order valence-electron chi connectivity index (χ2n) is 9.62. The highest BCUT2D eigenvalue weighted by atomic mass is 19.4. The minimum absolute atomic E-state index is 0.0402. The number of rotatable bonds is 8. The van der Waals surface area contributed by atoms with E-state index in [1.54, 1.807) is 30.0 Å². The summed E-state index contributed by atoms with van der Waals surface area (Å²) in [5.41, 5.74) is -1.95. The number of ketones is 1. The predicted molar refractivity (Wildman–Crippen MR) is 132 cm³/mol. The van der Waals surface area contributed by atoms with Crippen LogP contribution in [0.4, 0.5) is 26.3 Å². The Morgan fingerprint density at radius 1 is 1.00 bits per heavy atom. The number of aromatic nitrogens is 2. The van der Waals surface area contributed by atoms with E-state index in [1.165, 1.54) is 17.1 Å². The second kappa shape index (κ2) is 11.8. The molecule has 12 heteroatoms. The summed E-state index contributed by atoms with van der Waals surface area (Å²) in [7, 11) is 0. The summed E-state index contributed by atoms with van der Waals surface area (Å²) in [4.78, 5) is 30.6. The molecule has 3 aromatic rings. The molecule has 1 aliphatic rings. The molecular formula is C28H27F6N3O3. The van der Waals surface area contributed by atoms with Crippen LogP contribution in [-0.4, -0.2) is 45.3 Å². The summed E-state index contributed by atoms with van der Waals surface area (Å²) in [5, 5.41) is 0. The number of piperidine rings is 1. The molecule has 40 heavy (non-hydrogen) atoms. The standard InChI is InChI=1S/C28H27F6N3O3/c1-2-24(38)23-14-36(17-35-23)15-26(39)37-9-8-25(22(13-37)19-6-4-3-5-7-19)40-16-18-10-20(27(29,30)31)12-21(11-18)28(32,33)34/h3-7,10-12,14,17,22,25H,2,8-9,13,15-16H2,1H3. The first kappa shape index (κ1) is 29.3. The third kappa shape index (κ3) is 7.09. The lowest BCUT2D eigenvalue weighted by atomic mass is 9.87. The number of alkyl halides is 6. The van der Waals surface area contributed by atoms with E-state index in [-0.39, 0.29) is 61.0 Å². The molecule has 2 unspecified atom stereocenters. The molecule has 214 valence electrons. The van der Waals surface area contributed by atoms with Crippen LogP contribution in [0.1, 0.15) is 58.4 Å². The number of halogens is 6. The van der Waals surface area contributed by atoms with Crippen LogP contribution in [-0.2, 0) is 35.0 Å². The van der Waals surface area contributed by atoms with E-state index in [4.69, 9.17) is 4.74 Å². The van der Waals surface area contributed by atoms with Crippen molar-refractivity contribution in [2.24, 2.45) is 0 Å². The maximum absolute atomic E-state index is 13.3. The van der Waals surface area contributed by atoms with Crippen LogP contribution < -0.4 is 0 Å². The summed E-state index contributed by atoms with van der Waals surface area (Å²) in [6.07, 6.45) is -6.93. The third-order valence-corrected chi connectivity index (χ3v) is 6.80. The Morgan fingerprint density at radius 3 is 2.25 bits per heavy atom. The zero-order valence-electron chi connectivity index (χ0n) is 21.5. The number of benzene rings is 2. The van der Waals surface area contributed by atoms with E-state index in [2.05, 4.69) is 4.98 Å². The average molecular weight is 568 g/mol. The van der Waals surface area contributed by atoms with Crippen molar-refractivity contribution >= 4 is 11.7 Å². The zero-order chi connectivity index (χ0) is 29.1. The van der Waals surface area contributed by atoms with E-state index < -0.39 is 36.2 Å². The van der Waals surface area contributed by atoms with Gasteiger partial charge in [0.2, 0.25) is 5.91 Å². The lowest BCUT2D eigenvalue weighted by Gasteiger charge is -2.39. The van der Waals surface area contributed by atoms with Crippen LogP contribution in [0.3, 0.4) is 0 Å². The molecule has 2 heterocycles. The number of carbonyl (C=O) groups is 2. The average Bonchev–Trinajstić information content (AvgIpc) is 3.39. The fourth-order valence-electron chi connectivity index (χ4n) is 4.71. The molecule has 1 saturated heterocycles. The lowest BCUT2D eigenvalue weighted by Crippen LogP contribution is -2.46. The molecule has 6 nitrogen and oxygen atoms in total. The number of Topliss-reactive ketones (excluding diaryl/α,β-unsaturated/α-hetero) is 1. The molecule has 2 aromatic carbocycles. The summed E-state index contributed by atoms with van der Waals surface area (Å²) in [6, 6.07) is 10.5. The third-order valence-electron chi connectivity index (χ3n) is 6.80. The number of nitrogens with zero attached hydrogens (tertiary/aromatic N) is 3. The Kier molecular flexibility index (Phi) is 8.67. The number of ether oxygens (including phenoxy) is 1. The van der Waals surface area contributed by atoms with Gasteiger partial charge in [-0.1, -0.05) is 37.3 Å². The first-order valence-electron chi connectivity index (χ1n) is 12.6. The molecule has 2 atom stereocenters. The first-order valence-corrected chi connectivity index (χ1v) is 12.6. The summed E-state index contributed by atoms with van der Waals surface area (Å²) in [5.74, 6) is -0.733. The van der Waals surface area contributed by atoms with Gasteiger partial charge in [-0.25, -0.2) is 4.98 Å². The van der Waals surface area contributed by atoms with Gasteiger partial charge in [0, 0.05) is 31.6 Å². The minimum atomic E-state index is -4.95. The van der Waals surface area contributed by atoms with Gasteiger partial charge in [-0.05, 0) is 35.7 Å². The van der Waals surface area contributed by atoms with E-state index >= 15 is 0 Å². The van der Waals surface area contributed by atoms with E-state index in [0.29, 0.717) is 18.6 Å². The molecule has 0 radical (unpaired) electrons. The van der Waals surface area contributed by atoms with Gasteiger partial charge in [0.1, 0.15) is 12.2 Å². The molecule has 0 aliphatic carbocycles. The van der Waals surface area contributed by atoms with Crippen LogP contribution in [0.25, 0.3) is 0 Å². The Bertz CT molecular complexity index is 1300. The highest BCUT2D eigenvalue weighted by molar-refractivity contribution is 5.93. The van der Waals surface area contributed by atoms with Crippen molar-refractivity contribution in [2.75, 3.05) is 13.1 Å². The number of hydrogen-bond donors (Lipinski definition) is 0. The van der Waals surface area contributed by atoms with Gasteiger partial charge in [0.15, 0.2) is 5.78 Å². The van der Waals surface area contributed by atoms with Crippen LogP contribution in [0.5, 0.6) is 0 Å². The van der Waals surface area contributed by atoms with Crippen molar-refractivity contribution in [3.05, 3.63) is 89.0 Å². The Morgan fingerprint density at radius 2 is 1.65 bits per heavy atom. The van der Waals surface area contributed by atoms with Gasteiger partial charge in [-0.15, -0.1) is 0 Å². The smallest absolute Gasteiger partial charge is 0.373 e. The quantitative estimate of drug-likeness (QED) is 0.243. The maximum Gasteiger partial charge on any atom is 0.416 e. The van der Waals surface area contributed by atoms with Gasteiger partial charge in [0.25, 0.3) is 0 Å². The van der Waals surface area contributed by atoms with Crippen molar-refractivity contribution in [3.63, 3.8) is 0 Å². The second-order valence-corrected chi connectivity index (χ2v) is 9.62. The van der Waals surface area contributed by atoms with Gasteiger partial charge >= 0.3 is 12.4 Å². The van der Waals surface area contributed by atoms with Crippen molar-refractivity contribution in [1.82, 2.24) is 14.5 Å². The summed E-state index contributed by atoms with van der Waals surface area (Å²) in [6.45, 7) is 1.72. The van der Waals surface area contributed by atoms with Gasteiger partial charge < -0.3 is 14.2 Å². The molecule has 0 spiro atoms. The topological polar surface area (TPSA) is 64.4 Å². The number of likely N-dealkylation sites (tertiary alicyclic amines) is 1. The molecule has 0 N–H and O–H groups in total. The van der Waals surface area contributed by atoms with Crippen LogP contribution in [0.2, 0.25) is 0 Å². The fraction of sp³-hybridized carbons (Fsp3) is 0.393. The monoisotopic (exact) mass is 567 g/mol. The Hall–Kier alpha value is -3.67. The Balaban J connectivity index is 1.50. The van der Waals surface area contributed by atoms with Gasteiger partial charge in [-0.2, -0.15) is 26.3 Å². The summed E-state index contributed by atoms with van der Waals surface area (Å²) >= 11 is 0. The number of imidazole rings is 1. The summed E-state index contributed by atoms with van der Waals surface area (Å²) < 4.78 is 87.1. The van der Waals surface area contributed by atoms with Crippen LogP contribution in [0, 0.1) is 0 Å². The minimum Gasteiger partial charge on any atom is -0.373 e. The van der Waals surface area contributed by atoms with E-state index in [1.807, 2.05) is 12.1 Å². The maximum atomic E-state index is 13.3. The highest BCUT2D eigenvalue weighted by Gasteiger charge is 2.38. The molecule has 0 bridgehead atoms. The molecule has 0 saturated carbocycles. The van der Waals surface area contributed by atoms with E-state index in [0.717, 1.165) is 5.56 Å². The molecular weight excluding hydrogens is 540 g/mol. The number of hydrogen-bond acceptors (Lipinski definition) is 4.